The lowest BCUT2D eigenvalue weighted by atomic mass is 10.0. The summed E-state index contributed by atoms with van der Waals surface area (Å²) in [5.41, 5.74) is 1.66. The van der Waals surface area contributed by atoms with E-state index >= 15 is 0 Å². The summed E-state index contributed by atoms with van der Waals surface area (Å²) < 4.78 is 1.73. The Hall–Kier alpha value is -2.54. The fraction of sp³-hybridized carbons (Fsp3) is 0.0769. The Morgan fingerprint density at radius 3 is 2.94 bits per heavy atom. The number of rotatable bonds is 3. The van der Waals surface area contributed by atoms with Crippen LogP contribution in [0.4, 0.5) is 0 Å². The van der Waals surface area contributed by atoms with E-state index in [2.05, 4.69) is 11.0 Å². The topological polar surface area (TPSA) is 55.1 Å². The van der Waals surface area contributed by atoms with Crippen molar-refractivity contribution in [3.63, 3.8) is 0 Å². The molecule has 0 radical (unpaired) electrons. The SMILES string of the molecule is C#Cc1cc(C(=O)O)ccc1Cn1cccn1. The first-order valence-electron chi connectivity index (χ1n) is 5.01. The number of carboxylic acid groups (broad SMARTS) is 1. The molecule has 0 aliphatic rings. The third-order valence-electron chi connectivity index (χ3n) is 2.40. The van der Waals surface area contributed by atoms with Gasteiger partial charge < -0.3 is 5.11 Å². The summed E-state index contributed by atoms with van der Waals surface area (Å²) in [7, 11) is 0. The van der Waals surface area contributed by atoms with E-state index in [9.17, 15) is 4.79 Å². The zero-order valence-corrected chi connectivity index (χ0v) is 9.00. The summed E-state index contributed by atoms with van der Waals surface area (Å²) in [6.45, 7) is 0.534. The number of hydrogen-bond acceptors (Lipinski definition) is 2. The summed E-state index contributed by atoms with van der Waals surface area (Å²) >= 11 is 0. The van der Waals surface area contributed by atoms with E-state index in [0.29, 0.717) is 12.1 Å². The molecule has 0 aliphatic carbocycles. The molecule has 0 amide bonds. The fourth-order valence-electron chi connectivity index (χ4n) is 1.55. The summed E-state index contributed by atoms with van der Waals surface area (Å²) in [6, 6.07) is 6.59. The molecule has 4 nitrogen and oxygen atoms in total. The second-order valence-corrected chi connectivity index (χ2v) is 3.53. The number of hydrogen-bond donors (Lipinski definition) is 1. The minimum absolute atomic E-state index is 0.196. The van der Waals surface area contributed by atoms with Gasteiger partial charge in [0, 0.05) is 18.0 Å². The number of carbonyl (C=O) groups is 1. The highest BCUT2D eigenvalue weighted by atomic mass is 16.4. The van der Waals surface area contributed by atoms with Crippen molar-refractivity contribution in [3.05, 3.63) is 53.3 Å². The van der Waals surface area contributed by atoms with Crippen LogP contribution in [0.1, 0.15) is 21.5 Å². The Kier molecular flexibility index (Phi) is 2.93. The maximum Gasteiger partial charge on any atom is 0.335 e. The van der Waals surface area contributed by atoms with E-state index in [4.69, 9.17) is 11.5 Å². The molecule has 2 aromatic rings. The number of carboxylic acids is 1. The van der Waals surface area contributed by atoms with Crippen molar-refractivity contribution < 1.29 is 9.90 Å². The quantitative estimate of drug-likeness (QED) is 0.809. The van der Waals surface area contributed by atoms with Gasteiger partial charge in [-0.15, -0.1) is 6.42 Å². The van der Waals surface area contributed by atoms with Crippen LogP contribution in [0, 0.1) is 12.3 Å². The number of terminal acetylenes is 1. The van der Waals surface area contributed by atoms with E-state index < -0.39 is 5.97 Å². The molecule has 0 spiro atoms. The molecular weight excluding hydrogens is 216 g/mol. The van der Waals surface area contributed by atoms with Crippen molar-refractivity contribution in [2.24, 2.45) is 0 Å². The van der Waals surface area contributed by atoms with E-state index in [1.807, 2.05) is 12.3 Å². The molecule has 1 heterocycles. The molecule has 17 heavy (non-hydrogen) atoms. The Morgan fingerprint density at radius 2 is 2.35 bits per heavy atom. The highest BCUT2D eigenvalue weighted by molar-refractivity contribution is 5.88. The van der Waals surface area contributed by atoms with Gasteiger partial charge in [0.15, 0.2) is 0 Å². The summed E-state index contributed by atoms with van der Waals surface area (Å²) in [5, 5.41) is 12.9. The average Bonchev–Trinajstić information content (AvgIpc) is 2.82. The van der Waals surface area contributed by atoms with Gasteiger partial charge >= 0.3 is 5.97 Å². The lowest BCUT2D eigenvalue weighted by Gasteiger charge is -2.06. The Morgan fingerprint density at radius 1 is 1.53 bits per heavy atom. The standard InChI is InChI=1S/C13H10N2O2/c1-2-10-8-11(13(16)17)4-5-12(10)9-15-7-3-6-14-15/h1,3-8H,9H2,(H,16,17). The number of aromatic carboxylic acids is 1. The molecule has 1 N–H and O–H groups in total. The normalized spacial score (nSPS) is 9.82. The summed E-state index contributed by atoms with van der Waals surface area (Å²) in [4.78, 5) is 10.8. The molecule has 4 heteroatoms. The molecule has 1 aromatic carbocycles. The van der Waals surface area contributed by atoms with Gasteiger partial charge in [0.1, 0.15) is 0 Å². The summed E-state index contributed by atoms with van der Waals surface area (Å²) in [6.07, 6.45) is 8.88. The lowest BCUT2D eigenvalue weighted by Crippen LogP contribution is -2.04. The molecule has 1 aromatic heterocycles. The molecule has 0 saturated carbocycles. The first kappa shape index (κ1) is 11.0. The lowest BCUT2D eigenvalue weighted by molar-refractivity contribution is 0.0697. The maximum atomic E-state index is 10.8. The van der Waals surface area contributed by atoms with Crippen LogP contribution in [0.5, 0.6) is 0 Å². The highest BCUT2D eigenvalue weighted by Gasteiger charge is 2.07. The van der Waals surface area contributed by atoms with Gasteiger partial charge in [0.05, 0.1) is 12.1 Å². The Bertz CT molecular complexity index is 580. The van der Waals surface area contributed by atoms with Crippen LogP contribution in [0.3, 0.4) is 0 Å². The van der Waals surface area contributed by atoms with Crippen molar-refractivity contribution in [1.29, 1.82) is 0 Å². The molecule has 2 rings (SSSR count). The molecule has 0 unspecified atom stereocenters. The predicted octanol–water partition coefficient (Wildman–Crippen LogP) is 1.61. The van der Waals surface area contributed by atoms with Crippen molar-refractivity contribution in [1.82, 2.24) is 9.78 Å². The van der Waals surface area contributed by atoms with Crippen LogP contribution in [0.15, 0.2) is 36.7 Å². The van der Waals surface area contributed by atoms with Gasteiger partial charge in [-0.1, -0.05) is 12.0 Å². The molecular formula is C13H10N2O2. The van der Waals surface area contributed by atoms with Gasteiger partial charge in [0.2, 0.25) is 0 Å². The zero-order valence-electron chi connectivity index (χ0n) is 9.00. The Labute approximate surface area is 98.5 Å². The number of aromatic nitrogens is 2. The van der Waals surface area contributed by atoms with Crippen molar-refractivity contribution >= 4 is 5.97 Å². The van der Waals surface area contributed by atoms with E-state index in [-0.39, 0.29) is 5.56 Å². The van der Waals surface area contributed by atoms with Crippen LogP contribution in [-0.2, 0) is 6.54 Å². The highest BCUT2D eigenvalue weighted by Crippen LogP contribution is 2.12. The predicted molar refractivity (Wildman–Crippen MR) is 62.7 cm³/mol. The van der Waals surface area contributed by atoms with Crippen LogP contribution >= 0.6 is 0 Å². The number of benzene rings is 1. The van der Waals surface area contributed by atoms with Crippen LogP contribution < -0.4 is 0 Å². The monoisotopic (exact) mass is 226 g/mol. The molecule has 0 atom stereocenters. The minimum atomic E-state index is -0.980. The van der Waals surface area contributed by atoms with Crippen LogP contribution in [0.2, 0.25) is 0 Å². The molecule has 0 bridgehead atoms. The van der Waals surface area contributed by atoms with E-state index in [1.165, 1.54) is 6.07 Å². The van der Waals surface area contributed by atoms with Crippen molar-refractivity contribution in [3.8, 4) is 12.3 Å². The molecule has 0 aliphatic heterocycles. The Balaban J connectivity index is 2.35. The zero-order chi connectivity index (χ0) is 12.3. The first-order chi connectivity index (χ1) is 8.20. The van der Waals surface area contributed by atoms with E-state index in [0.717, 1.165) is 5.56 Å². The van der Waals surface area contributed by atoms with Gasteiger partial charge in [-0.3, -0.25) is 4.68 Å². The molecule has 0 fully saturated rings. The summed E-state index contributed by atoms with van der Waals surface area (Å²) in [5.74, 6) is 1.52. The van der Waals surface area contributed by atoms with Crippen molar-refractivity contribution in [2.75, 3.05) is 0 Å². The third kappa shape index (κ3) is 2.34. The van der Waals surface area contributed by atoms with Crippen LogP contribution in [-0.4, -0.2) is 20.9 Å². The average molecular weight is 226 g/mol. The third-order valence-corrected chi connectivity index (χ3v) is 2.40. The second kappa shape index (κ2) is 4.54. The fourth-order valence-corrected chi connectivity index (χ4v) is 1.55. The largest absolute Gasteiger partial charge is 0.478 e. The minimum Gasteiger partial charge on any atom is -0.478 e. The molecule has 0 saturated heterocycles. The number of nitrogens with zero attached hydrogens (tertiary/aromatic N) is 2. The van der Waals surface area contributed by atoms with E-state index in [1.54, 1.807) is 23.0 Å². The van der Waals surface area contributed by atoms with Gasteiger partial charge in [-0.25, -0.2) is 4.79 Å². The van der Waals surface area contributed by atoms with Gasteiger partial charge in [0.25, 0.3) is 0 Å². The smallest absolute Gasteiger partial charge is 0.335 e. The van der Waals surface area contributed by atoms with Crippen molar-refractivity contribution in [2.45, 2.75) is 6.54 Å². The molecule has 84 valence electrons. The first-order valence-corrected chi connectivity index (χ1v) is 5.01. The van der Waals surface area contributed by atoms with Crippen LogP contribution in [0.25, 0.3) is 0 Å². The second-order valence-electron chi connectivity index (χ2n) is 3.53. The van der Waals surface area contributed by atoms with Gasteiger partial charge in [-0.05, 0) is 23.8 Å². The maximum absolute atomic E-state index is 10.8. The van der Waals surface area contributed by atoms with Gasteiger partial charge in [-0.2, -0.15) is 5.10 Å².